The minimum absolute atomic E-state index is 0.217. The number of anilines is 2. The molecule has 2 aromatic carbocycles. The van der Waals surface area contributed by atoms with Crippen molar-refractivity contribution < 1.29 is 0 Å². The van der Waals surface area contributed by atoms with Gasteiger partial charge in [-0.1, -0.05) is 47.9 Å². The maximum absolute atomic E-state index is 13.9. The predicted octanol–water partition coefficient (Wildman–Crippen LogP) is 4.55. The molecule has 1 aliphatic heterocycles. The van der Waals surface area contributed by atoms with Crippen molar-refractivity contribution in [1.82, 2.24) is 24.5 Å². The molecule has 1 fully saturated rings. The van der Waals surface area contributed by atoms with Gasteiger partial charge in [0.15, 0.2) is 5.82 Å². The van der Waals surface area contributed by atoms with Crippen LogP contribution in [0, 0.1) is 11.8 Å². The average molecular weight is 520 g/mol. The summed E-state index contributed by atoms with van der Waals surface area (Å²) in [5, 5.41) is 0.759. The number of aromatic nitrogens is 5. The summed E-state index contributed by atoms with van der Waals surface area (Å²) < 4.78 is 1.65. The second kappa shape index (κ2) is 9.96. The van der Waals surface area contributed by atoms with Crippen LogP contribution in [0.2, 0.25) is 5.02 Å². The Morgan fingerprint density at radius 2 is 1.79 bits per heavy atom. The molecule has 1 saturated heterocycles. The first kappa shape index (κ1) is 23.6. The summed E-state index contributed by atoms with van der Waals surface area (Å²) in [5.74, 6) is 7.68. The Balaban J connectivity index is 1.53. The van der Waals surface area contributed by atoms with E-state index in [4.69, 9.17) is 22.3 Å². The molecule has 9 heteroatoms. The van der Waals surface area contributed by atoms with Gasteiger partial charge in [-0.15, -0.1) is 0 Å². The van der Waals surface area contributed by atoms with E-state index in [-0.39, 0.29) is 17.4 Å². The van der Waals surface area contributed by atoms with Crippen molar-refractivity contribution in [3.05, 3.63) is 112 Å². The van der Waals surface area contributed by atoms with Gasteiger partial charge < -0.3 is 10.6 Å². The van der Waals surface area contributed by atoms with Gasteiger partial charge in [0.1, 0.15) is 29.2 Å². The highest BCUT2D eigenvalue weighted by Gasteiger charge is 2.33. The van der Waals surface area contributed by atoms with Crippen molar-refractivity contribution in [3.63, 3.8) is 0 Å². The molecule has 186 valence electrons. The number of hydrogen-bond donors (Lipinski definition) is 1. The molecule has 2 N–H and O–H groups in total. The van der Waals surface area contributed by atoms with Crippen molar-refractivity contribution in [2.45, 2.75) is 18.9 Å². The largest absolute Gasteiger partial charge is 0.382 e. The van der Waals surface area contributed by atoms with Gasteiger partial charge in [0.25, 0.3) is 5.56 Å². The number of hydrogen-bond acceptors (Lipinski definition) is 7. The van der Waals surface area contributed by atoms with Crippen LogP contribution in [0.3, 0.4) is 0 Å². The Bertz CT molecular complexity index is 1760. The summed E-state index contributed by atoms with van der Waals surface area (Å²) in [6, 6.07) is 20.1. The number of nitrogen functional groups attached to an aromatic ring is 1. The molecule has 3 aromatic heterocycles. The van der Waals surface area contributed by atoms with E-state index in [1.54, 1.807) is 22.9 Å². The van der Waals surface area contributed by atoms with Crippen LogP contribution in [0.25, 0.3) is 16.6 Å². The molecule has 0 aliphatic carbocycles. The molecule has 1 unspecified atom stereocenters. The smallest absolute Gasteiger partial charge is 0.267 e. The summed E-state index contributed by atoms with van der Waals surface area (Å²) in [6.07, 6.45) is 4.76. The normalized spacial score (nSPS) is 14.9. The molecule has 0 saturated carbocycles. The van der Waals surface area contributed by atoms with Crippen molar-refractivity contribution in [2.24, 2.45) is 0 Å². The Kier molecular flexibility index (Phi) is 6.20. The van der Waals surface area contributed by atoms with Crippen molar-refractivity contribution >= 4 is 34.1 Å². The van der Waals surface area contributed by atoms with E-state index in [9.17, 15) is 4.79 Å². The first-order valence-corrected chi connectivity index (χ1v) is 12.6. The number of nitrogens with two attached hydrogens (primary N) is 1. The second-order valence-electron chi connectivity index (χ2n) is 8.85. The van der Waals surface area contributed by atoms with Crippen LogP contribution in [0.15, 0.2) is 84.0 Å². The highest BCUT2D eigenvalue weighted by molar-refractivity contribution is 6.35. The highest BCUT2D eigenvalue weighted by atomic mass is 35.5. The van der Waals surface area contributed by atoms with Gasteiger partial charge in [-0.3, -0.25) is 9.36 Å². The van der Waals surface area contributed by atoms with Crippen molar-refractivity contribution in [3.8, 4) is 17.5 Å². The van der Waals surface area contributed by atoms with Crippen LogP contribution in [0.5, 0.6) is 0 Å². The minimum Gasteiger partial charge on any atom is -0.382 e. The number of halogens is 1. The average Bonchev–Trinajstić information content (AvgIpc) is 3.43. The second-order valence-corrected chi connectivity index (χ2v) is 9.26. The lowest BCUT2D eigenvalue weighted by molar-refractivity contribution is 0.632. The van der Waals surface area contributed by atoms with Gasteiger partial charge >= 0.3 is 0 Å². The number of benzene rings is 2. The molecule has 0 spiro atoms. The third-order valence-corrected chi connectivity index (χ3v) is 6.86. The first-order valence-electron chi connectivity index (χ1n) is 12.2. The van der Waals surface area contributed by atoms with Gasteiger partial charge in [-0.05, 0) is 55.2 Å². The van der Waals surface area contributed by atoms with Crippen LogP contribution in [0.4, 0.5) is 11.6 Å². The maximum atomic E-state index is 13.9. The van der Waals surface area contributed by atoms with Gasteiger partial charge in [-0.25, -0.2) is 19.9 Å². The van der Waals surface area contributed by atoms with Crippen LogP contribution in [-0.2, 0) is 0 Å². The summed E-state index contributed by atoms with van der Waals surface area (Å²) in [5.41, 5.74) is 8.47. The third-order valence-electron chi connectivity index (χ3n) is 6.55. The molecule has 1 atom stereocenters. The van der Waals surface area contributed by atoms with Crippen molar-refractivity contribution in [2.75, 3.05) is 17.2 Å². The van der Waals surface area contributed by atoms with E-state index in [0.29, 0.717) is 51.1 Å². The molecule has 6 rings (SSSR count). The minimum atomic E-state index is -0.254. The number of nitrogens with zero attached hydrogens (tertiary/aromatic N) is 6. The highest BCUT2D eigenvalue weighted by Crippen LogP contribution is 2.37. The van der Waals surface area contributed by atoms with E-state index in [0.717, 1.165) is 12.8 Å². The lowest BCUT2D eigenvalue weighted by Crippen LogP contribution is -2.32. The van der Waals surface area contributed by atoms with Crippen LogP contribution in [-0.4, -0.2) is 31.0 Å². The molecule has 38 heavy (non-hydrogen) atoms. The molecule has 5 aromatic rings. The van der Waals surface area contributed by atoms with Crippen molar-refractivity contribution in [1.29, 1.82) is 0 Å². The Morgan fingerprint density at radius 1 is 0.947 bits per heavy atom. The maximum Gasteiger partial charge on any atom is 0.267 e. The zero-order valence-corrected chi connectivity index (χ0v) is 21.0. The first-order chi connectivity index (χ1) is 18.6. The SMILES string of the molecule is Nc1ncnc(N2CCCC2c2nc3cccc(Cl)c3c(=O)n2-c2ccccc2)c1C#Cc1ccccn1. The summed E-state index contributed by atoms with van der Waals surface area (Å²) >= 11 is 6.47. The number of para-hydroxylation sites is 1. The van der Waals surface area contributed by atoms with Gasteiger partial charge in [0.2, 0.25) is 0 Å². The van der Waals surface area contributed by atoms with Crippen LogP contribution < -0.4 is 16.2 Å². The fraction of sp³-hybridized carbons (Fsp3) is 0.138. The number of pyridine rings is 1. The third kappa shape index (κ3) is 4.23. The monoisotopic (exact) mass is 519 g/mol. The standard InChI is InChI=1S/C29H22ClN7O/c30-22-11-6-12-23-25(22)29(38)37(20-9-2-1-3-10-20)28(35-23)24-13-7-17-36(24)27-21(26(31)33-18-34-27)15-14-19-8-4-5-16-32-19/h1-6,8-12,16,18,24H,7,13,17H2,(H2,31,33,34). The van der Waals surface area contributed by atoms with Gasteiger partial charge in [0.05, 0.1) is 27.7 Å². The molecular weight excluding hydrogens is 498 g/mol. The quantitative estimate of drug-likeness (QED) is 0.349. The summed E-state index contributed by atoms with van der Waals surface area (Å²) in [4.78, 5) is 34.0. The fourth-order valence-corrected chi connectivity index (χ4v) is 5.09. The predicted molar refractivity (Wildman–Crippen MR) is 148 cm³/mol. The molecule has 0 bridgehead atoms. The Hall–Kier alpha value is -4.74. The summed E-state index contributed by atoms with van der Waals surface area (Å²) in [7, 11) is 0. The molecular formula is C29H22ClN7O. The summed E-state index contributed by atoms with van der Waals surface area (Å²) in [6.45, 7) is 0.692. The Labute approximate surface area is 223 Å². The topological polar surface area (TPSA) is 103 Å². The van der Waals surface area contributed by atoms with E-state index in [1.165, 1.54) is 6.33 Å². The zero-order valence-electron chi connectivity index (χ0n) is 20.3. The fourth-order valence-electron chi connectivity index (χ4n) is 4.84. The van der Waals surface area contributed by atoms with Crippen LogP contribution >= 0.6 is 11.6 Å². The van der Waals surface area contributed by atoms with E-state index >= 15 is 0 Å². The lowest BCUT2D eigenvalue weighted by atomic mass is 10.1. The van der Waals surface area contributed by atoms with Crippen LogP contribution in [0.1, 0.15) is 36.0 Å². The zero-order chi connectivity index (χ0) is 26.1. The Morgan fingerprint density at radius 3 is 2.61 bits per heavy atom. The molecule has 0 radical (unpaired) electrons. The van der Waals surface area contributed by atoms with Gasteiger partial charge in [-0.2, -0.15) is 0 Å². The van der Waals surface area contributed by atoms with Gasteiger partial charge in [0, 0.05) is 12.7 Å². The number of rotatable bonds is 3. The lowest BCUT2D eigenvalue weighted by Gasteiger charge is -2.28. The van der Waals surface area contributed by atoms with E-state index < -0.39 is 0 Å². The molecule has 0 amide bonds. The van der Waals surface area contributed by atoms with E-state index in [2.05, 4.69) is 31.7 Å². The molecule has 4 heterocycles. The van der Waals surface area contributed by atoms with E-state index in [1.807, 2.05) is 54.6 Å². The number of fused-ring (bicyclic) bond motifs is 1. The molecule has 1 aliphatic rings. The molecule has 8 nitrogen and oxygen atoms in total.